The molecule has 3 heterocycles. The van der Waals surface area contributed by atoms with Crippen molar-refractivity contribution in [2.24, 2.45) is 11.8 Å². The van der Waals surface area contributed by atoms with E-state index in [1.807, 2.05) is 0 Å². The van der Waals surface area contributed by atoms with Gasteiger partial charge in [-0.05, 0) is 37.8 Å². The van der Waals surface area contributed by atoms with Crippen LogP contribution in [0.25, 0.3) is 0 Å². The molecule has 0 aromatic rings. The van der Waals surface area contributed by atoms with Crippen LogP contribution < -0.4 is 0 Å². The van der Waals surface area contributed by atoms with Gasteiger partial charge in [0.05, 0.1) is 12.7 Å². The molecule has 3 aliphatic heterocycles. The van der Waals surface area contributed by atoms with Crippen LogP contribution in [0.3, 0.4) is 0 Å². The number of likely N-dealkylation sites (tertiary alicyclic amines) is 2. The van der Waals surface area contributed by atoms with E-state index >= 15 is 0 Å². The van der Waals surface area contributed by atoms with Crippen molar-refractivity contribution in [3.8, 4) is 0 Å². The summed E-state index contributed by atoms with van der Waals surface area (Å²) in [6.07, 6.45) is 3.47. The van der Waals surface area contributed by atoms with Crippen molar-refractivity contribution in [1.29, 1.82) is 0 Å². The van der Waals surface area contributed by atoms with Crippen LogP contribution in [-0.2, 0) is 4.74 Å². The predicted molar refractivity (Wildman–Crippen MR) is 57.8 cm³/mol. The zero-order valence-electron chi connectivity index (χ0n) is 9.27. The van der Waals surface area contributed by atoms with Crippen molar-refractivity contribution in [3.05, 3.63) is 0 Å². The summed E-state index contributed by atoms with van der Waals surface area (Å²) in [5.74, 6) is 2.03. The molecule has 3 saturated heterocycles. The molecule has 3 nitrogen and oxygen atoms in total. The zero-order chi connectivity index (χ0) is 9.83. The molecule has 3 atom stereocenters. The molecule has 84 valence electrons. The van der Waals surface area contributed by atoms with Gasteiger partial charge in [-0.15, -0.1) is 0 Å². The minimum atomic E-state index is 0.590. The molecule has 4 fully saturated rings. The number of ether oxygens (including phenoxy) is 1. The molecule has 1 saturated carbocycles. The van der Waals surface area contributed by atoms with Gasteiger partial charge in [-0.1, -0.05) is 0 Å². The first-order valence-electron chi connectivity index (χ1n) is 6.50. The first-order chi connectivity index (χ1) is 7.42. The average Bonchev–Trinajstić information content (AvgIpc) is 3.05. The maximum Gasteiger partial charge on any atom is 0.0936 e. The minimum Gasteiger partial charge on any atom is -0.372 e. The van der Waals surface area contributed by atoms with Gasteiger partial charge in [0.1, 0.15) is 0 Å². The lowest BCUT2D eigenvalue weighted by Gasteiger charge is -2.22. The van der Waals surface area contributed by atoms with Crippen molar-refractivity contribution < 1.29 is 4.74 Å². The standard InChI is InChI=1S/C12H20N2O/c1-2-4-14(3-1)12-10-6-13(7-11(10)12)5-9-8-15-9/h9-12H,1-8H2/t9-,10?,11?,12?/m1/s1. The second-order valence-electron chi connectivity index (χ2n) is 5.74. The Kier molecular flexibility index (Phi) is 1.91. The van der Waals surface area contributed by atoms with E-state index in [1.165, 1.54) is 45.6 Å². The van der Waals surface area contributed by atoms with Crippen LogP contribution in [0.5, 0.6) is 0 Å². The Morgan fingerprint density at radius 2 is 1.73 bits per heavy atom. The van der Waals surface area contributed by atoms with Gasteiger partial charge in [0.25, 0.3) is 0 Å². The monoisotopic (exact) mass is 208 g/mol. The Morgan fingerprint density at radius 3 is 2.33 bits per heavy atom. The van der Waals surface area contributed by atoms with Gasteiger partial charge in [0.15, 0.2) is 0 Å². The van der Waals surface area contributed by atoms with E-state index in [-0.39, 0.29) is 0 Å². The maximum atomic E-state index is 5.30. The first kappa shape index (κ1) is 8.97. The molecule has 3 heteroatoms. The summed E-state index contributed by atoms with van der Waals surface area (Å²) in [5.41, 5.74) is 0. The van der Waals surface area contributed by atoms with Gasteiger partial charge in [0, 0.05) is 25.7 Å². The summed E-state index contributed by atoms with van der Waals surface area (Å²) < 4.78 is 5.30. The maximum absolute atomic E-state index is 5.30. The zero-order valence-corrected chi connectivity index (χ0v) is 9.27. The third-order valence-electron chi connectivity index (χ3n) is 4.65. The van der Waals surface area contributed by atoms with Crippen molar-refractivity contribution in [3.63, 3.8) is 0 Å². The molecule has 1 aliphatic carbocycles. The summed E-state index contributed by atoms with van der Waals surface area (Å²) in [6, 6.07) is 0.976. The second-order valence-corrected chi connectivity index (χ2v) is 5.74. The van der Waals surface area contributed by atoms with Gasteiger partial charge in [-0.25, -0.2) is 0 Å². The number of rotatable bonds is 3. The fourth-order valence-corrected chi connectivity index (χ4v) is 3.77. The highest BCUT2D eigenvalue weighted by atomic mass is 16.6. The minimum absolute atomic E-state index is 0.590. The summed E-state index contributed by atoms with van der Waals surface area (Å²) in [7, 11) is 0. The van der Waals surface area contributed by atoms with Crippen molar-refractivity contribution in [1.82, 2.24) is 9.80 Å². The SMILES string of the molecule is C1CCN(C2C3CN(C[C@@H]4CO4)CC32)C1. The van der Waals surface area contributed by atoms with E-state index in [9.17, 15) is 0 Å². The Hall–Kier alpha value is -0.120. The van der Waals surface area contributed by atoms with Crippen LogP contribution in [0.15, 0.2) is 0 Å². The smallest absolute Gasteiger partial charge is 0.0936 e. The molecule has 0 radical (unpaired) electrons. The van der Waals surface area contributed by atoms with Crippen molar-refractivity contribution in [2.45, 2.75) is 25.0 Å². The third kappa shape index (κ3) is 1.52. The quantitative estimate of drug-likeness (QED) is 0.626. The highest BCUT2D eigenvalue weighted by Crippen LogP contribution is 2.49. The Balaban J connectivity index is 1.31. The average molecular weight is 208 g/mol. The number of piperidine rings is 1. The number of nitrogens with zero attached hydrogens (tertiary/aromatic N) is 2. The van der Waals surface area contributed by atoms with Gasteiger partial charge in [0.2, 0.25) is 0 Å². The molecule has 0 aromatic heterocycles. The molecule has 0 spiro atoms. The third-order valence-corrected chi connectivity index (χ3v) is 4.65. The Morgan fingerprint density at radius 1 is 1.07 bits per heavy atom. The van der Waals surface area contributed by atoms with Crippen LogP contribution in [-0.4, -0.2) is 61.3 Å². The lowest BCUT2D eigenvalue weighted by atomic mass is 10.3. The van der Waals surface area contributed by atoms with Crippen molar-refractivity contribution in [2.75, 3.05) is 39.3 Å². The van der Waals surface area contributed by atoms with E-state index in [2.05, 4.69) is 9.80 Å². The molecular formula is C12H20N2O. The van der Waals surface area contributed by atoms with Crippen LogP contribution in [0.1, 0.15) is 12.8 Å². The molecule has 0 aromatic carbocycles. The molecule has 15 heavy (non-hydrogen) atoms. The fraction of sp³-hybridized carbons (Fsp3) is 1.00. The van der Waals surface area contributed by atoms with E-state index in [1.54, 1.807) is 0 Å². The predicted octanol–water partition coefficient (Wildman–Crippen LogP) is 0.411. The van der Waals surface area contributed by atoms with Gasteiger partial charge < -0.3 is 4.74 Å². The van der Waals surface area contributed by atoms with Crippen molar-refractivity contribution >= 4 is 0 Å². The molecule has 4 rings (SSSR count). The Bertz CT molecular complexity index is 248. The molecule has 0 amide bonds. The molecule has 0 bridgehead atoms. The Labute approximate surface area is 91.4 Å². The summed E-state index contributed by atoms with van der Waals surface area (Å²) in [5, 5.41) is 0. The van der Waals surface area contributed by atoms with E-state index in [4.69, 9.17) is 4.74 Å². The van der Waals surface area contributed by atoms with Crippen LogP contribution in [0, 0.1) is 11.8 Å². The summed E-state index contributed by atoms with van der Waals surface area (Å²) in [4.78, 5) is 5.37. The van der Waals surface area contributed by atoms with Gasteiger partial charge >= 0.3 is 0 Å². The second kappa shape index (κ2) is 3.19. The van der Waals surface area contributed by atoms with Crippen LogP contribution >= 0.6 is 0 Å². The highest BCUT2D eigenvalue weighted by molar-refractivity contribution is 5.11. The van der Waals surface area contributed by atoms with Crippen LogP contribution in [0.4, 0.5) is 0 Å². The number of hydrogen-bond donors (Lipinski definition) is 0. The summed E-state index contributed by atoms with van der Waals surface area (Å²) in [6.45, 7) is 7.69. The fourth-order valence-electron chi connectivity index (χ4n) is 3.77. The lowest BCUT2D eigenvalue weighted by Crippen LogP contribution is -2.34. The van der Waals surface area contributed by atoms with Crippen LogP contribution in [0.2, 0.25) is 0 Å². The highest BCUT2D eigenvalue weighted by Gasteiger charge is 2.58. The first-order valence-corrected chi connectivity index (χ1v) is 6.50. The topological polar surface area (TPSA) is 19.0 Å². The summed E-state index contributed by atoms with van der Waals surface area (Å²) >= 11 is 0. The lowest BCUT2D eigenvalue weighted by molar-refractivity contribution is 0.214. The van der Waals surface area contributed by atoms with E-state index in [0.29, 0.717) is 6.10 Å². The number of hydrogen-bond acceptors (Lipinski definition) is 3. The normalized spacial score (nSPS) is 49.6. The molecular weight excluding hydrogens is 188 g/mol. The van der Waals surface area contributed by atoms with E-state index in [0.717, 1.165) is 24.5 Å². The van der Waals surface area contributed by atoms with E-state index < -0.39 is 0 Å². The van der Waals surface area contributed by atoms with Gasteiger partial charge in [-0.3, -0.25) is 9.80 Å². The number of fused-ring (bicyclic) bond motifs is 1. The molecule has 0 N–H and O–H groups in total. The van der Waals surface area contributed by atoms with Gasteiger partial charge in [-0.2, -0.15) is 0 Å². The number of epoxide rings is 1. The largest absolute Gasteiger partial charge is 0.372 e. The molecule has 4 aliphatic rings. The molecule has 2 unspecified atom stereocenters.